The number of hydrogen-bond acceptors (Lipinski definition) is 14. The Bertz CT molecular complexity index is 1590. The second-order valence-electron chi connectivity index (χ2n) is 17.4. The number of unbranched alkanes of at least 4 members (excludes halogenated alkanes) is 18. The molecule has 0 spiro atoms. The molecule has 1 aliphatic carbocycles. The van der Waals surface area contributed by atoms with Crippen LogP contribution in [0.1, 0.15) is 181 Å². The van der Waals surface area contributed by atoms with Gasteiger partial charge in [0.1, 0.15) is 43.2 Å². The number of hydrogen-bond donors (Lipinski definition) is 8. The van der Waals surface area contributed by atoms with E-state index in [1.165, 1.54) is 83.5 Å². The topological polar surface area (TPSA) is 303 Å². The maximum Gasteiger partial charge on any atom is 0.472 e. The van der Waals surface area contributed by atoms with E-state index in [0.717, 1.165) is 44.9 Å². The number of ether oxygens (including phenoxy) is 2. The van der Waals surface area contributed by atoms with Crippen molar-refractivity contribution in [2.24, 2.45) is 0 Å². The lowest BCUT2D eigenvalue weighted by Crippen LogP contribution is -2.65. The first kappa shape index (κ1) is 65.1. The Kier molecular flexibility index (Phi) is 36.5. The Hall–Kier alpha value is -1.89. The maximum absolute atomic E-state index is 13.2. The number of carbonyl (C=O) groups is 2. The first-order valence-electron chi connectivity index (χ1n) is 24.9. The molecule has 19 nitrogen and oxygen atoms in total. The molecule has 6 unspecified atom stereocenters. The van der Waals surface area contributed by atoms with Gasteiger partial charge in [-0.1, -0.05) is 165 Å². The molecule has 0 aromatic heterocycles. The highest BCUT2D eigenvalue weighted by Crippen LogP contribution is 2.51. The van der Waals surface area contributed by atoms with Crippen molar-refractivity contribution in [1.29, 1.82) is 0 Å². The summed E-state index contributed by atoms with van der Waals surface area (Å²) in [4.78, 5) is 73.3. The zero-order chi connectivity index (χ0) is 51.4. The number of carbonyl (C=O) groups excluding carboxylic acids is 2. The van der Waals surface area contributed by atoms with Crippen LogP contribution in [0.4, 0.5) is 0 Å². The lowest BCUT2D eigenvalue weighted by Gasteiger charge is -2.44. The third-order valence-electron chi connectivity index (χ3n) is 11.1. The fraction of sp³-hybridized carbons (Fsp3) is 0.787. The fourth-order valence-electron chi connectivity index (χ4n) is 7.40. The van der Waals surface area contributed by atoms with Crippen molar-refractivity contribution >= 4 is 35.4 Å². The Morgan fingerprint density at radius 1 is 0.464 bits per heavy atom. The number of phosphoric acid groups is 3. The van der Waals surface area contributed by atoms with Crippen LogP contribution in [0, 0.1) is 0 Å². The summed E-state index contributed by atoms with van der Waals surface area (Å²) in [5.74, 6) is -1.37. The molecule has 0 radical (unpaired) electrons. The van der Waals surface area contributed by atoms with E-state index >= 15 is 0 Å². The monoisotopic (exact) mass is 1050 g/mol. The van der Waals surface area contributed by atoms with Gasteiger partial charge in [-0.3, -0.25) is 27.7 Å². The molecule has 0 aromatic rings. The smallest absolute Gasteiger partial charge is 0.462 e. The van der Waals surface area contributed by atoms with E-state index in [4.69, 9.17) is 18.5 Å². The van der Waals surface area contributed by atoms with Gasteiger partial charge in [-0.2, -0.15) is 0 Å². The van der Waals surface area contributed by atoms with Crippen molar-refractivity contribution in [2.45, 2.75) is 224 Å². The van der Waals surface area contributed by atoms with Gasteiger partial charge >= 0.3 is 35.4 Å². The van der Waals surface area contributed by atoms with Crippen LogP contribution in [0.2, 0.25) is 0 Å². The molecular formula is C47H85O19P3. The SMILES string of the molecule is CCCCCC=CCC=CCC=CCC=CCCCC(=O)OC(COC(=O)CCCCCCCCCCCCCCCCC)COP(=O)(O)OC1C(O)C(OP(=O)(O)O)C(O)C(OP(=O)(O)O)C1O. The van der Waals surface area contributed by atoms with E-state index in [1.54, 1.807) is 0 Å². The number of rotatable bonds is 42. The highest BCUT2D eigenvalue weighted by atomic mass is 31.2. The maximum atomic E-state index is 13.2. The fourth-order valence-corrected chi connectivity index (χ4v) is 9.51. The van der Waals surface area contributed by atoms with E-state index in [1.807, 2.05) is 18.2 Å². The van der Waals surface area contributed by atoms with Crippen LogP contribution in [0.15, 0.2) is 48.6 Å². The third kappa shape index (κ3) is 35.0. The lowest BCUT2D eigenvalue weighted by atomic mass is 9.85. The van der Waals surface area contributed by atoms with Gasteiger partial charge in [0.05, 0.1) is 6.61 Å². The highest BCUT2D eigenvalue weighted by Gasteiger charge is 2.56. The molecule has 0 heterocycles. The predicted octanol–water partition coefficient (Wildman–Crippen LogP) is 9.40. The van der Waals surface area contributed by atoms with Crippen LogP contribution in [0.25, 0.3) is 0 Å². The van der Waals surface area contributed by atoms with Gasteiger partial charge in [0.25, 0.3) is 0 Å². The van der Waals surface area contributed by atoms with Crippen LogP contribution in [0.5, 0.6) is 0 Å². The molecule has 8 N–H and O–H groups in total. The summed E-state index contributed by atoms with van der Waals surface area (Å²) in [7, 11) is -16.6. The largest absolute Gasteiger partial charge is 0.472 e. The molecule has 0 amide bonds. The van der Waals surface area contributed by atoms with Gasteiger partial charge in [-0.15, -0.1) is 0 Å². The Labute approximate surface area is 410 Å². The molecule has 0 saturated heterocycles. The summed E-state index contributed by atoms with van der Waals surface area (Å²) < 4.78 is 65.5. The number of aliphatic hydroxyl groups excluding tert-OH is 3. The summed E-state index contributed by atoms with van der Waals surface area (Å²) in [6.07, 6.45) is 25.5. The molecule has 22 heteroatoms. The Balaban J connectivity index is 2.77. The van der Waals surface area contributed by atoms with Crippen LogP contribution >= 0.6 is 23.5 Å². The Morgan fingerprint density at radius 2 is 0.826 bits per heavy atom. The molecule has 0 aliphatic heterocycles. The average molecular weight is 1050 g/mol. The van der Waals surface area contributed by atoms with Crippen LogP contribution in [-0.2, 0) is 50.9 Å². The molecule has 0 bridgehead atoms. The van der Waals surface area contributed by atoms with Crippen LogP contribution in [0.3, 0.4) is 0 Å². The summed E-state index contributed by atoms with van der Waals surface area (Å²) in [6, 6.07) is 0. The quantitative estimate of drug-likeness (QED) is 0.0122. The predicted molar refractivity (Wildman–Crippen MR) is 261 cm³/mol. The lowest BCUT2D eigenvalue weighted by molar-refractivity contribution is -0.213. The van der Waals surface area contributed by atoms with Crippen molar-refractivity contribution in [2.75, 3.05) is 13.2 Å². The third-order valence-corrected chi connectivity index (χ3v) is 13.2. The highest BCUT2D eigenvalue weighted by molar-refractivity contribution is 7.47. The second kappa shape index (κ2) is 38.7. The number of aliphatic hydroxyl groups is 3. The van der Waals surface area contributed by atoms with E-state index in [0.29, 0.717) is 25.7 Å². The molecule has 1 saturated carbocycles. The summed E-state index contributed by atoms with van der Waals surface area (Å²) >= 11 is 0. The molecular weight excluding hydrogens is 961 g/mol. The van der Waals surface area contributed by atoms with E-state index in [2.05, 4.69) is 53.3 Å². The average Bonchev–Trinajstić information content (AvgIpc) is 3.28. The molecule has 1 rings (SSSR count). The minimum atomic E-state index is -5.56. The van der Waals surface area contributed by atoms with E-state index in [-0.39, 0.29) is 12.8 Å². The first-order chi connectivity index (χ1) is 32.8. The van der Waals surface area contributed by atoms with E-state index < -0.39 is 91.3 Å². The number of esters is 2. The van der Waals surface area contributed by atoms with Gasteiger partial charge < -0.3 is 49.3 Å². The van der Waals surface area contributed by atoms with Gasteiger partial charge in [0, 0.05) is 12.8 Å². The first-order valence-corrected chi connectivity index (χ1v) is 29.5. The van der Waals surface area contributed by atoms with Crippen molar-refractivity contribution in [3.8, 4) is 0 Å². The molecule has 402 valence electrons. The number of allylic oxidation sites excluding steroid dienone is 8. The summed E-state index contributed by atoms with van der Waals surface area (Å²) in [5, 5.41) is 31.9. The van der Waals surface area contributed by atoms with Crippen molar-refractivity contribution < 1.29 is 90.6 Å². The molecule has 6 atom stereocenters. The van der Waals surface area contributed by atoms with Gasteiger partial charge in [0.15, 0.2) is 6.10 Å². The molecule has 0 aromatic carbocycles. The number of phosphoric ester groups is 3. The summed E-state index contributed by atoms with van der Waals surface area (Å²) in [5.41, 5.74) is 0. The van der Waals surface area contributed by atoms with Crippen LogP contribution in [-0.4, -0.2) is 108 Å². The standard InChI is InChI=1S/C47H85O19P3/c1-3-5-7-9-11-13-15-17-19-20-22-24-26-28-30-32-34-36-41(49)63-39(37-61-40(48)35-33-31-29-27-25-23-21-18-16-14-12-10-8-6-4-2)38-62-69(59,60)66-47-43(51)45(64-67(53,54)55)42(50)46(44(47)52)65-68(56,57)58/h11,13,17,19,22,24,28,30,39,42-47,50-52H,3-10,12,14-16,18,20-21,23,25-27,29,31-38H2,1-2H3,(H,59,60)(H2,53,54,55)(H2,56,57,58). The Morgan fingerprint density at radius 3 is 1.26 bits per heavy atom. The normalized spacial score (nSPS) is 21.7. The van der Waals surface area contributed by atoms with Crippen molar-refractivity contribution in [1.82, 2.24) is 0 Å². The second-order valence-corrected chi connectivity index (χ2v) is 21.2. The van der Waals surface area contributed by atoms with Gasteiger partial charge in [-0.05, 0) is 51.4 Å². The minimum Gasteiger partial charge on any atom is -0.462 e. The molecule has 69 heavy (non-hydrogen) atoms. The van der Waals surface area contributed by atoms with Gasteiger partial charge in [0.2, 0.25) is 0 Å². The molecule has 1 fully saturated rings. The molecule has 1 aliphatic rings. The van der Waals surface area contributed by atoms with Gasteiger partial charge in [-0.25, -0.2) is 13.7 Å². The minimum absolute atomic E-state index is 0.0649. The summed E-state index contributed by atoms with van der Waals surface area (Å²) in [6.45, 7) is 2.86. The zero-order valence-electron chi connectivity index (χ0n) is 40.9. The van der Waals surface area contributed by atoms with E-state index in [9.17, 15) is 63.1 Å². The zero-order valence-corrected chi connectivity index (χ0v) is 43.6. The van der Waals surface area contributed by atoms with Crippen LogP contribution < -0.4 is 0 Å². The van der Waals surface area contributed by atoms with Crippen molar-refractivity contribution in [3.05, 3.63) is 48.6 Å². The van der Waals surface area contributed by atoms with Crippen molar-refractivity contribution in [3.63, 3.8) is 0 Å².